The average Bonchev–Trinajstić information content (AvgIpc) is 2.59. The summed E-state index contributed by atoms with van der Waals surface area (Å²) in [6.07, 6.45) is -1.33. The van der Waals surface area contributed by atoms with E-state index in [1.54, 1.807) is 13.8 Å². The Balaban J connectivity index is 2.43. The number of ether oxygens (including phenoxy) is 2. The van der Waals surface area contributed by atoms with E-state index in [2.05, 4.69) is 63.7 Å². The summed E-state index contributed by atoms with van der Waals surface area (Å²) >= 11 is 13.3. The minimum atomic E-state index is -3.85. The maximum absolute atomic E-state index is 13.2. The van der Waals surface area contributed by atoms with E-state index >= 15 is 0 Å². The lowest BCUT2D eigenvalue weighted by molar-refractivity contribution is 0.121. The van der Waals surface area contributed by atoms with Crippen molar-refractivity contribution < 1.29 is 28.1 Å². The molecule has 6 nitrogen and oxygen atoms in total. The van der Waals surface area contributed by atoms with Gasteiger partial charge in [-0.1, -0.05) is 0 Å². The van der Waals surface area contributed by atoms with Crippen molar-refractivity contribution in [1.29, 1.82) is 0 Å². The van der Waals surface area contributed by atoms with Crippen LogP contribution in [0.4, 0.5) is 0 Å². The molecule has 160 valence electrons. The lowest BCUT2D eigenvalue weighted by atomic mass is 10.3. The van der Waals surface area contributed by atoms with Gasteiger partial charge in [0, 0.05) is 0 Å². The van der Waals surface area contributed by atoms with Crippen molar-refractivity contribution in [3.05, 3.63) is 42.2 Å². The molecule has 2 atom stereocenters. The number of hydrogen-bond acceptors (Lipinski definition) is 6. The smallest absolute Gasteiger partial charge is 0.206 e. The summed E-state index contributed by atoms with van der Waals surface area (Å²) < 4.78 is 39.1. The van der Waals surface area contributed by atoms with Crippen molar-refractivity contribution in [1.82, 2.24) is 0 Å². The second-order valence-corrected chi connectivity index (χ2v) is 11.6. The molecule has 0 bridgehead atoms. The number of aliphatic hydroxyl groups excluding tert-OH is 2. The first kappa shape index (κ1) is 25.1. The lowest BCUT2D eigenvalue weighted by Crippen LogP contribution is -2.14. The van der Waals surface area contributed by atoms with Gasteiger partial charge in [0.05, 0.1) is 39.9 Å². The fourth-order valence-corrected chi connectivity index (χ4v) is 7.00. The number of aliphatic hydroxyl groups is 2. The van der Waals surface area contributed by atoms with Crippen molar-refractivity contribution >= 4 is 73.6 Å². The van der Waals surface area contributed by atoms with E-state index in [1.165, 1.54) is 24.3 Å². The monoisotopic (exact) mass is 678 g/mol. The summed E-state index contributed by atoms with van der Waals surface area (Å²) in [5.41, 5.74) is 0. The quantitative estimate of drug-likeness (QED) is 0.404. The molecule has 0 aromatic heterocycles. The zero-order chi connectivity index (χ0) is 21.9. The normalized spacial score (nSPS) is 13.8. The molecule has 2 rings (SSSR count). The van der Waals surface area contributed by atoms with E-state index < -0.39 is 22.0 Å². The summed E-state index contributed by atoms with van der Waals surface area (Å²) in [6.45, 7) is 3.31. The van der Waals surface area contributed by atoms with E-state index in [0.717, 1.165) is 0 Å². The minimum Gasteiger partial charge on any atom is -0.489 e. The van der Waals surface area contributed by atoms with E-state index in [9.17, 15) is 18.6 Å². The standard InChI is InChI=1S/C18H18Br4O6S/c1-9(23)7-27-17-13(19)3-11(4-14(17)20)29(25,26)12-5-15(21)18(16(22)6-12)28-8-10(2)24/h3-6,9-10,23-24H,7-8H2,1-2H3. The fraction of sp³-hybridized carbons (Fsp3) is 0.333. The van der Waals surface area contributed by atoms with Gasteiger partial charge >= 0.3 is 0 Å². The van der Waals surface area contributed by atoms with Crippen LogP contribution in [0.3, 0.4) is 0 Å². The fourth-order valence-electron chi connectivity index (χ4n) is 2.20. The molecule has 0 fully saturated rings. The highest BCUT2D eigenvalue weighted by Gasteiger charge is 2.24. The third-order valence-corrected chi connectivity index (χ3v) is 7.57. The highest BCUT2D eigenvalue weighted by molar-refractivity contribution is 9.11. The SMILES string of the molecule is CC(O)COc1c(Br)cc(S(=O)(=O)c2cc(Br)c(OCC(C)O)c(Br)c2)cc1Br. The first-order valence-corrected chi connectivity index (χ1v) is 12.9. The van der Waals surface area contributed by atoms with Crippen LogP contribution in [-0.4, -0.2) is 44.1 Å². The van der Waals surface area contributed by atoms with Crippen molar-refractivity contribution in [3.8, 4) is 11.5 Å². The molecule has 0 amide bonds. The van der Waals surface area contributed by atoms with Gasteiger partial charge in [-0.05, 0) is 102 Å². The van der Waals surface area contributed by atoms with Gasteiger partial charge in [0.2, 0.25) is 9.84 Å². The van der Waals surface area contributed by atoms with Crippen LogP contribution < -0.4 is 9.47 Å². The first-order valence-electron chi connectivity index (χ1n) is 8.28. The van der Waals surface area contributed by atoms with Crippen molar-refractivity contribution in [3.63, 3.8) is 0 Å². The molecule has 0 spiro atoms. The Kier molecular flexibility index (Phi) is 9.02. The van der Waals surface area contributed by atoms with Gasteiger partial charge in [-0.15, -0.1) is 0 Å². The molecule has 11 heteroatoms. The number of sulfone groups is 1. The molecule has 0 radical (unpaired) electrons. The zero-order valence-corrected chi connectivity index (χ0v) is 22.5. The van der Waals surface area contributed by atoms with Crippen molar-refractivity contribution in [2.45, 2.75) is 35.8 Å². The molecule has 0 saturated heterocycles. The molecule has 0 heterocycles. The molecule has 0 aliphatic heterocycles. The second-order valence-electron chi connectivity index (χ2n) is 6.26. The lowest BCUT2D eigenvalue weighted by Gasteiger charge is -2.15. The van der Waals surface area contributed by atoms with Crippen LogP contribution in [-0.2, 0) is 9.84 Å². The van der Waals surface area contributed by atoms with Gasteiger partial charge in [0.1, 0.15) is 24.7 Å². The summed E-state index contributed by atoms with van der Waals surface area (Å²) in [5.74, 6) is 0.795. The molecule has 0 aliphatic rings. The van der Waals surface area contributed by atoms with Gasteiger partial charge in [-0.25, -0.2) is 8.42 Å². The summed E-state index contributed by atoms with van der Waals surface area (Å²) in [5, 5.41) is 18.8. The van der Waals surface area contributed by atoms with E-state index in [4.69, 9.17) is 9.47 Å². The maximum atomic E-state index is 13.2. The number of halogens is 4. The summed E-state index contributed by atoms with van der Waals surface area (Å²) in [7, 11) is -3.85. The molecular weight excluding hydrogens is 664 g/mol. The molecule has 2 unspecified atom stereocenters. The first-order chi connectivity index (χ1) is 13.4. The third kappa shape index (κ3) is 6.41. The predicted octanol–water partition coefficient (Wildman–Crippen LogP) is 5.09. The predicted molar refractivity (Wildman–Crippen MR) is 123 cm³/mol. The molecule has 2 aromatic rings. The molecule has 2 aromatic carbocycles. The van der Waals surface area contributed by atoms with Crippen LogP contribution in [0, 0.1) is 0 Å². The van der Waals surface area contributed by atoms with Crippen LogP contribution >= 0.6 is 63.7 Å². The van der Waals surface area contributed by atoms with E-state index in [-0.39, 0.29) is 23.0 Å². The highest BCUT2D eigenvalue weighted by atomic mass is 79.9. The Bertz CT molecular complexity index is 872. The molecule has 0 aliphatic carbocycles. The minimum absolute atomic E-state index is 0.0529. The molecule has 0 saturated carbocycles. The summed E-state index contributed by atoms with van der Waals surface area (Å²) in [4.78, 5) is 0.106. The highest BCUT2D eigenvalue weighted by Crippen LogP contribution is 2.40. The van der Waals surface area contributed by atoms with Crippen LogP contribution in [0.25, 0.3) is 0 Å². The van der Waals surface area contributed by atoms with Crippen molar-refractivity contribution in [2.24, 2.45) is 0 Å². The van der Waals surface area contributed by atoms with E-state index in [1.807, 2.05) is 0 Å². The Morgan fingerprint density at radius 1 is 0.759 bits per heavy atom. The number of rotatable bonds is 8. The van der Waals surface area contributed by atoms with Gasteiger partial charge in [0.15, 0.2) is 0 Å². The molecule has 2 N–H and O–H groups in total. The van der Waals surface area contributed by atoms with Crippen LogP contribution in [0.5, 0.6) is 11.5 Å². The van der Waals surface area contributed by atoms with Crippen LogP contribution in [0.2, 0.25) is 0 Å². The Hall–Kier alpha value is -0.170. The zero-order valence-electron chi connectivity index (χ0n) is 15.3. The van der Waals surface area contributed by atoms with Crippen LogP contribution in [0.1, 0.15) is 13.8 Å². The van der Waals surface area contributed by atoms with Gasteiger partial charge in [-0.3, -0.25) is 0 Å². The van der Waals surface area contributed by atoms with Gasteiger partial charge in [0.25, 0.3) is 0 Å². The largest absolute Gasteiger partial charge is 0.489 e. The Morgan fingerprint density at radius 2 is 1.03 bits per heavy atom. The second kappa shape index (κ2) is 10.4. The number of hydrogen-bond donors (Lipinski definition) is 2. The van der Waals surface area contributed by atoms with Gasteiger partial charge in [-0.2, -0.15) is 0 Å². The van der Waals surface area contributed by atoms with E-state index in [0.29, 0.717) is 29.4 Å². The Morgan fingerprint density at radius 3 is 1.28 bits per heavy atom. The van der Waals surface area contributed by atoms with Crippen LogP contribution in [0.15, 0.2) is 51.9 Å². The topological polar surface area (TPSA) is 93.1 Å². The number of benzene rings is 2. The maximum Gasteiger partial charge on any atom is 0.206 e. The average molecular weight is 682 g/mol. The molecular formula is C18H18Br4O6S. The summed E-state index contributed by atoms with van der Waals surface area (Å²) in [6, 6.07) is 5.77. The van der Waals surface area contributed by atoms with Gasteiger partial charge < -0.3 is 19.7 Å². The molecule has 29 heavy (non-hydrogen) atoms. The van der Waals surface area contributed by atoms with Crippen molar-refractivity contribution in [2.75, 3.05) is 13.2 Å². The Labute approximate surface area is 203 Å². The third-order valence-electron chi connectivity index (χ3n) is 3.50.